The number of hydrogen-bond acceptors (Lipinski definition) is 5. The van der Waals surface area contributed by atoms with Crippen molar-refractivity contribution >= 4 is 34.4 Å². The number of ether oxygens (including phenoxy) is 2. The summed E-state index contributed by atoms with van der Waals surface area (Å²) in [6.45, 7) is 2.02. The van der Waals surface area contributed by atoms with Gasteiger partial charge in [-0.1, -0.05) is 12.1 Å². The maximum atomic E-state index is 12.5. The molecule has 0 spiro atoms. The molecule has 0 aliphatic heterocycles. The molecule has 0 aliphatic carbocycles. The fraction of sp³-hybridized carbons (Fsp3) is 0.179. The first kappa shape index (κ1) is 24.5. The molecule has 0 atom stereocenters. The topological polar surface area (TPSA) is 107 Å². The van der Waals surface area contributed by atoms with Crippen LogP contribution >= 0.6 is 0 Å². The van der Waals surface area contributed by atoms with Crippen molar-refractivity contribution in [2.45, 2.75) is 19.8 Å². The van der Waals surface area contributed by atoms with Gasteiger partial charge >= 0.3 is 11.9 Å². The first-order valence-corrected chi connectivity index (χ1v) is 11.5. The van der Waals surface area contributed by atoms with Crippen LogP contribution in [0, 0.1) is 0 Å². The van der Waals surface area contributed by atoms with Gasteiger partial charge in [0.25, 0.3) is 0 Å². The molecule has 4 rings (SSSR count). The van der Waals surface area contributed by atoms with E-state index in [0.29, 0.717) is 34.3 Å². The van der Waals surface area contributed by atoms with Crippen molar-refractivity contribution in [3.8, 4) is 11.4 Å². The minimum absolute atomic E-state index is 0.105. The molecule has 4 aromatic rings. The minimum atomic E-state index is -1.08. The molecule has 8 nitrogen and oxygen atoms in total. The van der Waals surface area contributed by atoms with E-state index < -0.39 is 11.9 Å². The third kappa shape index (κ3) is 5.38. The van der Waals surface area contributed by atoms with Crippen LogP contribution in [0.4, 0.5) is 5.69 Å². The molecular formula is C28H26N2O6. The maximum absolute atomic E-state index is 12.5. The highest BCUT2D eigenvalue weighted by atomic mass is 16.5. The van der Waals surface area contributed by atoms with Crippen LogP contribution in [0.15, 0.2) is 72.9 Å². The second-order valence-electron chi connectivity index (χ2n) is 8.11. The van der Waals surface area contributed by atoms with Crippen molar-refractivity contribution in [3.63, 3.8) is 0 Å². The van der Waals surface area contributed by atoms with E-state index in [2.05, 4.69) is 5.32 Å². The zero-order chi connectivity index (χ0) is 25.7. The van der Waals surface area contributed by atoms with Crippen molar-refractivity contribution in [2.75, 3.05) is 19.0 Å². The van der Waals surface area contributed by atoms with E-state index in [0.717, 1.165) is 11.3 Å². The van der Waals surface area contributed by atoms with Crippen LogP contribution in [0.1, 0.15) is 39.6 Å². The van der Waals surface area contributed by atoms with Gasteiger partial charge in [-0.15, -0.1) is 0 Å². The molecule has 8 heteroatoms. The standard InChI is InChI=1S/C28H26N2O6/c1-3-36-28(34)19-7-10-21(11-8-19)30-17-24(27(32)33)23-16-20(9-14-25(23)30)29-26(31)15-6-18-4-12-22(35-2)13-5-18/h4-5,7-14,16-17H,3,6,15H2,1-2H3,(H,29,31)(H,32,33). The normalized spacial score (nSPS) is 10.7. The number of carboxylic acid groups (broad SMARTS) is 1. The second-order valence-corrected chi connectivity index (χ2v) is 8.11. The smallest absolute Gasteiger partial charge is 0.338 e. The lowest BCUT2D eigenvalue weighted by atomic mass is 10.1. The van der Waals surface area contributed by atoms with Gasteiger partial charge in [0.2, 0.25) is 5.91 Å². The predicted molar refractivity (Wildman–Crippen MR) is 136 cm³/mol. The Kier molecular flexibility index (Phi) is 7.34. The van der Waals surface area contributed by atoms with Gasteiger partial charge < -0.3 is 24.5 Å². The van der Waals surface area contributed by atoms with E-state index in [-0.39, 0.29) is 24.5 Å². The van der Waals surface area contributed by atoms with E-state index in [4.69, 9.17) is 9.47 Å². The summed E-state index contributed by atoms with van der Waals surface area (Å²) in [5, 5.41) is 13.1. The highest BCUT2D eigenvalue weighted by molar-refractivity contribution is 6.06. The molecule has 184 valence electrons. The quantitative estimate of drug-likeness (QED) is 0.319. The number of carbonyl (C=O) groups is 3. The molecule has 0 aliphatic rings. The van der Waals surface area contributed by atoms with E-state index in [1.54, 1.807) is 61.1 Å². The molecular weight excluding hydrogens is 460 g/mol. The number of esters is 1. The number of nitrogens with one attached hydrogen (secondary N) is 1. The van der Waals surface area contributed by atoms with Gasteiger partial charge in [-0.05, 0) is 73.5 Å². The van der Waals surface area contributed by atoms with Crippen molar-refractivity contribution in [2.24, 2.45) is 0 Å². The molecule has 3 aromatic carbocycles. The SMILES string of the molecule is CCOC(=O)c1ccc(-n2cc(C(=O)O)c3cc(NC(=O)CCc4ccc(OC)cc4)ccc32)cc1. The summed E-state index contributed by atoms with van der Waals surface area (Å²) < 4.78 is 11.9. The molecule has 0 bridgehead atoms. The molecule has 36 heavy (non-hydrogen) atoms. The Bertz CT molecular complexity index is 1400. The summed E-state index contributed by atoms with van der Waals surface area (Å²) in [7, 11) is 1.60. The van der Waals surface area contributed by atoms with Gasteiger partial charge in [-0.3, -0.25) is 4.79 Å². The molecule has 2 N–H and O–H groups in total. The van der Waals surface area contributed by atoms with Crippen LogP contribution in [-0.4, -0.2) is 41.2 Å². The van der Waals surface area contributed by atoms with Gasteiger partial charge in [0, 0.05) is 29.4 Å². The first-order chi connectivity index (χ1) is 17.4. The van der Waals surface area contributed by atoms with E-state index in [1.807, 2.05) is 24.3 Å². The number of aryl methyl sites for hydroxylation is 1. The number of aromatic carboxylic acids is 1. The van der Waals surface area contributed by atoms with Gasteiger partial charge in [0.1, 0.15) is 5.75 Å². The monoisotopic (exact) mass is 486 g/mol. The highest BCUT2D eigenvalue weighted by Gasteiger charge is 2.17. The number of benzene rings is 3. The number of aromatic nitrogens is 1. The number of carbonyl (C=O) groups excluding carboxylic acids is 2. The number of nitrogens with zero attached hydrogens (tertiary/aromatic N) is 1. The summed E-state index contributed by atoms with van der Waals surface area (Å²) in [6, 6.07) is 19.4. The summed E-state index contributed by atoms with van der Waals surface area (Å²) >= 11 is 0. The number of fused-ring (bicyclic) bond motifs is 1. The average Bonchev–Trinajstić information content (AvgIpc) is 3.27. The minimum Gasteiger partial charge on any atom is -0.497 e. The van der Waals surface area contributed by atoms with Crippen molar-refractivity contribution < 1.29 is 29.0 Å². The fourth-order valence-corrected chi connectivity index (χ4v) is 3.94. The zero-order valence-electron chi connectivity index (χ0n) is 20.0. The molecule has 1 aromatic heterocycles. The van der Waals surface area contributed by atoms with Crippen LogP contribution in [-0.2, 0) is 16.0 Å². The number of rotatable bonds is 9. The summed E-state index contributed by atoms with van der Waals surface area (Å²) in [5.74, 6) is -0.909. The zero-order valence-corrected chi connectivity index (χ0v) is 20.0. The Hall–Kier alpha value is -4.59. The number of methoxy groups -OCH3 is 1. The van der Waals surface area contributed by atoms with Gasteiger partial charge in [0.05, 0.1) is 30.4 Å². The Morgan fingerprint density at radius 3 is 2.33 bits per heavy atom. The van der Waals surface area contributed by atoms with Gasteiger partial charge in [-0.2, -0.15) is 0 Å². The Morgan fingerprint density at radius 1 is 0.972 bits per heavy atom. The van der Waals surface area contributed by atoms with Crippen molar-refractivity contribution in [3.05, 3.63) is 89.6 Å². The fourth-order valence-electron chi connectivity index (χ4n) is 3.94. The van der Waals surface area contributed by atoms with Crippen LogP contribution in [0.2, 0.25) is 0 Å². The average molecular weight is 487 g/mol. The Labute approximate surface area is 208 Å². The third-order valence-electron chi connectivity index (χ3n) is 5.78. The lowest BCUT2D eigenvalue weighted by Crippen LogP contribution is -2.12. The summed E-state index contributed by atoms with van der Waals surface area (Å²) in [5.41, 5.74) is 3.40. The van der Waals surface area contributed by atoms with Crippen LogP contribution in [0.5, 0.6) is 5.75 Å². The molecule has 0 unspecified atom stereocenters. The molecule has 1 amide bonds. The van der Waals surface area contributed by atoms with Crippen LogP contribution in [0.3, 0.4) is 0 Å². The van der Waals surface area contributed by atoms with E-state index in [1.165, 1.54) is 6.20 Å². The van der Waals surface area contributed by atoms with Crippen molar-refractivity contribution in [1.29, 1.82) is 0 Å². The van der Waals surface area contributed by atoms with E-state index >= 15 is 0 Å². The number of hydrogen-bond donors (Lipinski definition) is 2. The molecule has 0 fully saturated rings. The van der Waals surface area contributed by atoms with Gasteiger partial charge in [0.15, 0.2) is 0 Å². The first-order valence-electron chi connectivity index (χ1n) is 11.5. The number of anilines is 1. The predicted octanol–water partition coefficient (Wildman–Crippen LogP) is 5.09. The number of carboxylic acids is 1. The van der Waals surface area contributed by atoms with Crippen LogP contribution < -0.4 is 10.1 Å². The summed E-state index contributed by atoms with van der Waals surface area (Å²) in [6.07, 6.45) is 2.38. The lowest BCUT2D eigenvalue weighted by molar-refractivity contribution is -0.116. The summed E-state index contributed by atoms with van der Waals surface area (Å²) in [4.78, 5) is 36.4. The van der Waals surface area contributed by atoms with Crippen LogP contribution in [0.25, 0.3) is 16.6 Å². The highest BCUT2D eigenvalue weighted by Crippen LogP contribution is 2.28. The lowest BCUT2D eigenvalue weighted by Gasteiger charge is -2.09. The van der Waals surface area contributed by atoms with Crippen molar-refractivity contribution in [1.82, 2.24) is 4.57 Å². The molecule has 0 saturated carbocycles. The maximum Gasteiger partial charge on any atom is 0.338 e. The number of amides is 1. The molecule has 1 heterocycles. The third-order valence-corrected chi connectivity index (χ3v) is 5.78. The molecule has 0 radical (unpaired) electrons. The molecule has 0 saturated heterocycles. The Balaban J connectivity index is 1.54. The Morgan fingerprint density at radius 2 is 1.69 bits per heavy atom. The second kappa shape index (κ2) is 10.8. The van der Waals surface area contributed by atoms with Gasteiger partial charge in [-0.25, -0.2) is 9.59 Å². The largest absolute Gasteiger partial charge is 0.497 e. The van der Waals surface area contributed by atoms with E-state index in [9.17, 15) is 19.5 Å².